The van der Waals surface area contributed by atoms with Crippen LogP contribution in [0.4, 0.5) is 0 Å². The molecule has 2 atom stereocenters. The van der Waals surface area contributed by atoms with Crippen molar-refractivity contribution in [3.8, 4) is 0 Å². The van der Waals surface area contributed by atoms with Gasteiger partial charge in [0.2, 0.25) is 0 Å². The van der Waals surface area contributed by atoms with Gasteiger partial charge in [-0.15, -0.1) is 0 Å². The minimum Gasteiger partial charge on any atom is -0.462 e. The number of rotatable bonds is 35. The molecular formula is C41H70NO8P. The first-order valence-corrected chi connectivity index (χ1v) is 20.9. The number of esters is 2. The Balaban J connectivity index is 4.38. The van der Waals surface area contributed by atoms with Gasteiger partial charge in [-0.25, -0.2) is 4.57 Å². The van der Waals surface area contributed by atoms with E-state index in [1.54, 1.807) is 0 Å². The second kappa shape index (κ2) is 37.2. The summed E-state index contributed by atoms with van der Waals surface area (Å²) in [6.45, 7) is 3.53. The van der Waals surface area contributed by atoms with Crippen LogP contribution in [-0.4, -0.2) is 49.3 Å². The van der Waals surface area contributed by atoms with Crippen molar-refractivity contribution in [3.05, 3.63) is 72.9 Å². The molecule has 0 aromatic rings. The fraction of sp³-hybridized carbons (Fsp3) is 0.659. The average molecular weight is 736 g/mol. The van der Waals surface area contributed by atoms with Gasteiger partial charge in [-0.1, -0.05) is 132 Å². The Morgan fingerprint density at radius 3 is 1.67 bits per heavy atom. The molecule has 10 heteroatoms. The Morgan fingerprint density at radius 2 is 1.08 bits per heavy atom. The summed E-state index contributed by atoms with van der Waals surface area (Å²) in [6, 6.07) is 0. The van der Waals surface area contributed by atoms with Gasteiger partial charge in [-0.05, 0) is 70.6 Å². The molecule has 0 heterocycles. The predicted octanol–water partition coefficient (Wildman–Crippen LogP) is 10.7. The monoisotopic (exact) mass is 735 g/mol. The molecule has 0 bridgehead atoms. The Hall–Kier alpha value is -2.55. The molecule has 0 aliphatic heterocycles. The number of carbonyl (C=O) groups is 2. The predicted molar refractivity (Wildman–Crippen MR) is 210 cm³/mol. The van der Waals surface area contributed by atoms with Crippen molar-refractivity contribution < 1.29 is 37.6 Å². The molecule has 51 heavy (non-hydrogen) atoms. The Labute approximate surface area is 310 Å². The number of nitrogens with two attached hydrogens (primary N) is 1. The third-order valence-corrected chi connectivity index (χ3v) is 8.56. The van der Waals surface area contributed by atoms with Crippen molar-refractivity contribution in [2.24, 2.45) is 5.73 Å². The van der Waals surface area contributed by atoms with Crippen LogP contribution in [0.3, 0.4) is 0 Å². The summed E-state index contributed by atoms with van der Waals surface area (Å²) in [5.74, 6) is -0.945. The average Bonchev–Trinajstić information content (AvgIpc) is 3.11. The quantitative estimate of drug-likeness (QED) is 0.0282. The van der Waals surface area contributed by atoms with Crippen LogP contribution in [0.15, 0.2) is 72.9 Å². The summed E-state index contributed by atoms with van der Waals surface area (Å²) in [6.07, 6.45) is 43.8. The molecule has 0 saturated carbocycles. The molecule has 0 rings (SSSR count). The fourth-order valence-corrected chi connectivity index (χ4v) is 5.42. The number of unbranched alkanes of at least 4 members (excludes halogenated alkanes) is 10. The van der Waals surface area contributed by atoms with Crippen LogP contribution in [0.2, 0.25) is 0 Å². The van der Waals surface area contributed by atoms with Crippen molar-refractivity contribution >= 4 is 19.8 Å². The maximum absolute atomic E-state index is 12.5. The molecule has 292 valence electrons. The lowest BCUT2D eigenvalue weighted by Crippen LogP contribution is -2.29. The summed E-state index contributed by atoms with van der Waals surface area (Å²) in [5, 5.41) is 0. The smallest absolute Gasteiger partial charge is 0.462 e. The van der Waals surface area contributed by atoms with Crippen LogP contribution in [0.5, 0.6) is 0 Å². The van der Waals surface area contributed by atoms with Gasteiger partial charge in [0, 0.05) is 19.4 Å². The number of phosphoric acid groups is 1. The summed E-state index contributed by atoms with van der Waals surface area (Å²) < 4.78 is 32.5. The zero-order valence-corrected chi connectivity index (χ0v) is 32.7. The zero-order valence-electron chi connectivity index (χ0n) is 31.8. The lowest BCUT2D eigenvalue weighted by atomic mass is 10.1. The largest absolute Gasteiger partial charge is 0.472 e. The molecule has 0 aromatic carbocycles. The van der Waals surface area contributed by atoms with Gasteiger partial charge >= 0.3 is 19.8 Å². The number of ether oxygens (including phenoxy) is 2. The van der Waals surface area contributed by atoms with Crippen LogP contribution in [-0.2, 0) is 32.7 Å². The highest BCUT2D eigenvalue weighted by molar-refractivity contribution is 7.47. The third kappa shape index (κ3) is 37.0. The van der Waals surface area contributed by atoms with Crippen molar-refractivity contribution in [2.45, 2.75) is 148 Å². The van der Waals surface area contributed by atoms with Crippen LogP contribution in [0.25, 0.3) is 0 Å². The normalized spacial score (nSPS) is 14.2. The molecule has 9 nitrogen and oxygen atoms in total. The summed E-state index contributed by atoms with van der Waals surface area (Å²) in [4.78, 5) is 34.6. The van der Waals surface area contributed by atoms with Gasteiger partial charge in [-0.3, -0.25) is 18.6 Å². The van der Waals surface area contributed by atoms with E-state index in [4.69, 9.17) is 24.3 Å². The lowest BCUT2D eigenvalue weighted by Gasteiger charge is -2.19. The zero-order chi connectivity index (χ0) is 37.5. The minimum atomic E-state index is -4.40. The first kappa shape index (κ1) is 48.5. The SMILES string of the molecule is CCCCC=CCCCCCCCC(=O)OC[C@H](COP(=O)(O)OCCN)OC(=O)CCC=CCC=CCC=CCC=CCC=CCCCCC. The van der Waals surface area contributed by atoms with Gasteiger partial charge in [0.1, 0.15) is 6.61 Å². The molecule has 0 fully saturated rings. The van der Waals surface area contributed by atoms with Gasteiger partial charge in [0.05, 0.1) is 13.2 Å². The third-order valence-electron chi connectivity index (χ3n) is 7.58. The van der Waals surface area contributed by atoms with Crippen LogP contribution >= 0.6 is 7.82 Å². The van der Waals surface area contributed by atoms with E-state index in [9.17, 15) is 19.0 Å². The van der Waals surface area contributed by atoms with E-state index in [1.165, 1.54) is 38.5 Å². The van der Waals surface area contributed by atoms with Crippen molar-refractivity contribution in [1.29, 1.82) is 0 Å². The molecular weight excluding hydrogens is 665 g/mol. The number of allylic oxidation sites excluding steroid dienone is 12. The molecule has 3 N–H and O–H groups in total. The summed E-state index contributed by atoms with van der Waals surface area (Å²) >= 11 is 0. The molecule has 0 spiro atoms. The first-order chi connectivity index (χ1) is 24.8. The number of carbonyl (C=O) groups excluding carboxylic acids is 2. The molecule has 0 amide bonds. The molecule has 0 aliphatic carbocycles. The van der Waals surface area contributed by atoms with E-state index in [-0.39, 0.29) is 32.6 Å². The second-order valence-corrected chi connectivity index (χ2v) is 13.9. The van der Waals surface area contributed by atoms with Crippen molar-refractivity contribution in [1.82, 2.24) is 0 Å². The number of hydrogen-bond acceptors (Lipinski definition) is 8. The highest BCUT2D eigenvalue weighted by Crippen LogP contribution is 2.43. The second-order valence-electron chi connectivity index (χ2n) is 12.4. The van der Waals surface area contributed by atoms with Gasteiger partial charge in [0.15, 0.2) is 6.10 Å². The Kier molecular flexibility index (Phi) is 35.4. The number of phosphoric ester groups is 1. The molecule has 1 unspecified atom stereocenters. The van der Waals surface area contributed by atoms with E-state index in [2.05, 4.69) is 74.6 Å². The van der Waals surface area contributed by atoms with E-state index < -0.39 is 32.5 Å². The van der Waals surface area contributed by atoms with Gasteiger partial charge < -0.3 is 20.1 Å². The maximum atomic E-state index is 12.5. The molecule has 0 aliphatic rings. The van der Waals surface area contributed by atoms with E-state index in [0.29, 0.717) is 12.8 Å². The Morgan fingerprint density at radius 1 is 0.588 bits per heavy atom. The highest BCUT2D eigenvalue weighted by atomic mass is 31.2. The van der Waals surface area contributed by atoms with E-state index >= 15 is 0 Å². The molecule has 0 saturated heterocycles. The Bertz CT molecular complexity index is 1070. The van der Waals surface area contributed by atoms with Gasteiger partial charge in [0.25, 0.3) is 0 Å². The van der Waals surface area contributed by atoms with Crippen LogP contribution < -0.4 is 5.73 Å². The van der Waals surface area contributed by atoms with Crippen LogP contribution in [0, 0.1) is 0 Å². The topological polar surface area (TPSA) is 134 Å². The highest BCUT2D eigenvalue weighted by Gasteiger charge is 2.25. The standard InChI is InChI=1S/C41H70NO8P/c1-3-5-7-9-11-13-15-16-17-18-19-20-21-22-24-26-28-30-32-34-41(44)50-39(38-49-51(45,46)48-36-35-42)37-47-40(43)33-31-29-27-25-23-14-12-10-8-6-4-2/h10-13,16-17,19-20,22,24,28,30,39H,3-9,14-15,18,21,23,25-27,29,31-38,42H2,1-2H3,(H,45,46)/t39-/m1/s1. The molecule has 0 aromatic heterocycles. The first-order valence-electron chi connectivity index (χ1n) is 19.4. The fourth-order valence-electron chi connectivity index (χ4n) is 4.65. The van der Waals surface area contributed by atoms with E-state index in [0.717, 1.165) is 64.2 Å². The summed E-state index contributed by atoms with van der Waals surface area (Å²) in [5.41, 5.74) is 5.32. The summed E-state index contributed by atoms with van der Waals surface area (Å²) in [7, 11) is -4.40. The minimum absolute atomic E-state index is 0.0377. The van der Waals surface area contributed by atoms with Crippen molar-refractivity contribution in [2.75, 3.05) is 26.4 Å². The lowest BCUT2D eigenvalue weighted by molar-refractivity contribution is -0.161. The van der Waals surface area contributed by atoms with Crippen LogP contribution in [0.1, 0.15) is 142 Å². The van der Waals surface area contributed by atoms with Gasteiger partial charge in [-0.2, -0.15) is 0 Å². The number of hydrogen-bond donors (Lipinski definition) is 2. The molecule has 0 radical (unpaired) electrons. The van der Waals surface area contributed by atoms with Crippen molar-refractivity contribution in [3.63, 3.8) is 0 Å². The maximum Gasteiger partial charge on any atom is 0.472 e. The van der Waals surface area contributed by atoms with E-state index in [1.807, 2.05) is 12.2 Å².